The third-order valence-corrected chi connectivity index (χ3v) is 9.44. The van der Waals surface area contributed by atoms with Crippen molar-refractivity contribution >= 4 is 27.5 Å². The molecule has 228 valence electrons. The lowest BCUT2D eigenvalue weighted by molar-refractivity contribution is 0.0828. The molecular formula is C34H41F2N5O2. The van der Waals surface area contributed by atoms with Crippen LogP contribution >= 0.6 is 0 Å². The zero-order chi connectivity index (χ0) is 30.1. The van der Waals surface area contributed by atoms with E-state index in [1.807, 2.05) is 6.92 Å². The van der Waals surface area contributed by atoms with Crippen molar-refractivity contribution in [1.82, 2.24) is 19.9 Å². The molecule has 1 unspecified atom stereocenters. The molecule has 4 aromatic rings. The lowest BCUT2D eigenvalue weighted by atomic mass is 9.92. The van der Waals surface area contributed by atoms with Crippen LogP contribution in [0.25, 0.3) is 32.9 Å². The Balaban J connectivity index is 1.51. The quantitative estimate of drug-likeness (QED) is 0.229. The van der Waals surface area contributed by atoms with Crippen LogP contribution in [0.1, 0.15) is 70.8 Å². The first kappa shape index (κ1) is 29.5. The Labute approximate surface area is 251 Å². The standard InChI is InChI=1S/C34H41F2N5O2/c1-4-13-34(14-10-15-40(34)3)21-43-33-38-31-26(32(39-33)41-16-8-6-7-9-17-41)20-37-30(29(31)36)25-19-23(42)18-22-11-12-27(35)24(5-2)28(22)25/h11-12,18-20,42H,4-10,13-17,21H2,1-3H3. The van der Waals surface area contributed by atoms with E-state index in [2.05, 4.69) is 33.7 Å². The highest BCUT2D eigenvalue weighted by molar-refractivity contribution is 6.01. The average Bonchev–Trinajstić information content (AvgIpc) is 3.17. The van der Waals surface area contributed by atoms with Gasteiger partial charge in [-0.2, -0.15) is 9.97 Å². The maximum Gasteiger partial charge on any atom is 0.319 e. The molecular weight excluding hydrogens is 548 g/mol. The molecule has 0 radical (unpaired) electrons. The van der Waals surface area contributed by atoms with Gasteiger partial charge in [-0.05, 0) is 86.7 Å². The summed E-state index contributed by atoms with van der Waals surface area (Å²) in [5, 5.41) is 12.2. The second kappa shape index (κ2) is 12.2. The van der Waals surface area contributed by atoms with E-state index in [1.54, 1.807) is 18.3 Å². The number of fused-ring (bicyclic) bond motifs is 2. The number of phenols is 1. The smallest absolute Gasteiger partial charge is 0.319 e. The molecule has 4 heterocycles. The molecule has 0 bridgehead atoms. The normalized spacial score (nSPS) is 19.8. The zero-order valence-corrected chi connectivity index (χ0v) is 25.4. The van der Waals surface area contributed by atoms with Crippen LogP contribution in [0.2, 0.25) is 0 Å². The van der Waals surface area contributed by atoms with Crippen LogP contribution < -0.4 is 9.64 Å². The highest BCUT2D eigenvalue weighted by Gasteiger charge is 2.39. The number of aryl methyl sites for hydroxylation is 1. The van der Waals surface area contributed by atoms with Gasteiger partial charge in [0.1, 0.15) is 35.2 Å². The monoisotopic (exact) mass is 589 g/mol. The molecule has 1 N–H and O–H groups in total. The second-order valence-electron chi connectivity index (χ2n) is 12.2. The molecule has 6 rings (SSSR count). The van der Waals surface area contributed by atoms with Gasteiger partial charge >= 0.3 is 6.01 Å². The number of likely N-dealkylation sites (N-methyl/N-ethyl adjacent to an activating group) is 1. The molecule has 0 aliphatic carbocycles. The van der Waals surface area contributed by atoms with E-state index in [-0.39, 0.29) is 34.3 Å². The Kier molecular flexibility index (Phi) is 8.36. The van der Waals surface area contributed by atoms with E-state index in [1.165, 1.54) is 12.1 Å². The number of halogens is 2. The van der Waals surface area contributed by atoms with Gasteiger partial charge in [-0.15, -0.1) is 0 Å². The van der Waals surface area contributed by atoms with Crippen LogP contribution in [0.5, 0.6) is 11.8 Å². The molecule has 9 heteroatoms. The number of aromatic nitrogens is 3. The Morgan fingerprint density at radius 1 is 1.00 bits per heavy atom. The molecule has 2 saturated heterocycles. The predicted octanol–water partition coefficient (Wildman–Crippen LogP) is 7.41. The van der Waals surface area contributed by atoms with Gasteiger partial charge in [-0.25, -0.2) is 8.78 Å². The van der Waals surface area contributed by atoms with E-state index >= 15 is 4.39 Å². The average molecular weight is 590 g/mol. The highest BCUT2D eigenvalue weighted by atomic mass is 19.1. The third-order valence-electron chi connectivity index (χ3n) is 9.44. The summed E-state index contributed by atoms with van der Waals surface area (Å²) >= 11 is 0. The van der Waals surface area contributed by atoms with Gasteiger partial charge in [-0.1, -0.05) is 39.2 Å². The summed E-state index contributed by atoms with van der Waals surface area (Å²) in [6, 6.07) is 6.15. The predicted molar refractivity (Wildman–Crippen MR) is 167 cm³/mol. The molecule has 0 amide bonds. The largest absolute Gasteiger partial charge is 0.508 e. The van der Waals surface area contributed by atoms with E-state index in [9.17, 15) is 9.50 Å². The molecule has 2 aromatic heterocycles. The molecule has 7 nitrogen and oxygen atoms in total. The zero-order valence-electron chi connectivity index (χ0n) is 25.4. The minimum absolute atomic E-state index is 0.0122. The van der Waals surface area contributed by atoms with E-state index in [0.29, 0.717) is 46.1 Å². The number of nitrogens with zero attached hydrogens (tertiary/aromatic N) is 5. The van der Waals surface area contributed by atoms with E-state index in [0.717, 1.165) is 71.0 Å². The lowest BCUT2D eigenvalue weighted by Crippen LogP contribution is -2.46. The van der Waals surface area contributed by atoms with Crippen molar-refractivity contribution < 1.29 is 18.6 Å². The van der Waals surface area contributed by atoms with Crippen molar-refractivity contribution in [3.05, 3.63) is 47.7 Å². The highest BCUT2D eigenvalue weighted by Crippen LogP contribution is 2.39. The summed E-state index contributed by atoms with van der Waals surface area (Å²) in [4.78, 5) is 18.7. The maximum atomic E-state index is 16.7. The molecule has 2 aliphatic heterocycles. The SMILES string of the molecule is CCCC1(COc2nc(N3CCCCCC3)c3cnc(-c4cc(O)cc5ccc(F)c(CC)c45)c(F)c3n2)CCCN1C. The van der Waals surface area contributed by atoms with Crippen molar-refractivity contribution in [2.75, 3.05) is 38.2 Å². The summed E-state index contributed by atoms with van der Waals surface area (Å²) in [6.45, 7) is 7.11. The Hall–Kier alpha value is -3.59. The van der Waals surface area contributed by atoms with Crippen molar-refractivity contribution in [2.24, 2.45) is 0 Å². The van der Waals surface area contributed by atoms with Gasteiger partial charge in [-0.3, -0.25) is 9.88 Å². The van der Waals surface area contributed by atoms with Crippen LogP contribution in [-0.4, -0.2) is 63.8 Å². The lowest BCUT2D eigenvalue weighted by Gasteiger charge is -2.35. The number of hydrogen-bond donors (Lipinski definition) is 1. The van der Waals surface area contributed by atoms with Gasteiger partial charge in [0.2, 0.25) is 0 Å². The van der Waals surface area contributed by atoms with Gasteiger partial charge in [0.15, 0.2) is 5.82 Å². The molecule has 2 aromatic carbocycles. The van der Waals surface area contributed by atoms with Crippen LogP contribution in [-0.2, 0) is 6.42 Å². The third kappa shape index (κ3) is 5.48. The van der Waals surface area contributed by atoms with Crippen molar-refractivity contribution in [3.8, 4) is 23.0 Å². The van der Waals surface area contributed by atoms with Gasteiger partial charge in [0, 0.05) is 24.8 Å². The summed E-state index contributed by atoms with van der Waals surface area (Å²) < 4.78 is 38.0. The molecule has 0 saturated carbocycles. The number of rotatable bonds is 8. The molecule has 0 spiro atoms. The van der Waals surface area contributed by atoms with E-state index < -0.39 is 5.82 Å². The van der Waals surface area contributed by atoms with Crippen LogP contribution in [0.4, 0.5) is 14.6 Å². The van der Waals surface area contributed by atoms with Gasteiger partial charge in [0.05, 0.1) is 10.9 Å². The van der Waals surface area contributed by atoms with Gasteiger partial charge in [0.25, 0.3) is 0 Å². The van der Waals surface area contributed by atoms with E-state index in [4.69, 9.17) is 9.72 Å². The molecule has 43 heavy (non-hydrogen) atoms. The first-order valence-corrected chi connectivity index (χ1v) is 15.7. The minimum atomic E-state index is -0.639. The first-order valence-electron chi connectivity index (χ1n) is 15.7. The Bertz CT molecular complexity index is 1640. The summed E-state index contributed by atoms with van der Waals surface area (Å²) in [6.07, 6.45) is 10.5. The summed E-state index contributed by atoms with van der Waals surface area (Å²) in [5.74, 6) is -0.427. The maximum absolute atomic E-state index is 16.7. The summed E-state index contributed by atoms with van der Waals surface area (Å²) in [7, 11) is 2.14. The van der Waals surface area contributed by atoms with Crippen LogP contribution in [0.15, 0.2) is 30.5 Å². The number of aromatic hydroxyl groups is 1. The molecule has 2 aliphatic rings. The topological polar surface area (TPSA) is 74.6 Å². The first-order chi connectivity index (χ1) is 20.8. The van der Waals surface area contributed by atoms with Crippen LogP contribution in [0, 0.1) is 11.6 Å². The van der Waals surface area contributed by atoms with Crippen molar-refractivity contribution in [1.29, 1.82) is 0 Å². The van der Waals surface area contributed by atoms with Crippen LogP contribution in [0.3, 0.4) is 0 Å². The number of phenolic OH excluding ortho intramolecular Hbond substituents is 1. The minimum Gasteiger partial charge on any atom is -0.508 e. The summed E-state index contributed by atoms with van der Waals surface area (Å²) in [5.41, 5.74) is 0.812. The Morgan fingerprint density at radius 3 is 2.49 bits per heavy atom. The number of ether oxygens (including phenoxy) is 1. The second-order valence-corrected chi connectivity index (χ2v) is 12.2. The van der Waals surface area contributed by atoms with Crippen molar-refractivity contribution in [3.63, 3.8) is 0 Å². The Morgan fingerprint density at radius 2 is 1.79 bits per heavy atom. The fraction of sp³-hybridized carbons (Fsp3) is 0.500. The van der Waals surface area contributed by atoms with Gasteiger partial charge < -0.3 is 14.7 Å². The molecule has 2 fully saturated rings. The number of benzene rings is 2. The fourth-order valence-electron chi connectivity index (χ4n) is 7.14. The number of hydrogen-bond acceptors (Lipinski definition) is 7. The number of anilines is 1. The number of likely N-dealkylation sites (tertiary alicyclic amines) is 1. The fourth-order valence-corrected chi connectivity index (χ4v) is 7.14. The molecule has 1 atom stereocenters. The van der Waals surface area contributed by atoms with Crippen molar-refractivity contribution in [2.45, 2.75) is 77.2 Å². The number of pyridine rings is 1.